The van der Waals surface area contributed by atoms with Gasteiger partial charge in [0.05, 0.1) is 24.7 Å². The van der Waals surface area contributed by atoms with Crippen LogP contribution in [0.1, 0.15) is 39.6 Å². The SMILES string of the molecule is Nc1nc2c(c(=O)[nH]1)CCN(C(=O)CC1NC(=O)c3ccccc31)C2. The van der Waals surface area contributed by atoms with Gasteiger partial charge in [-0.1, -0.05) is 18.2 Å². The minimum atomic E-state index is -0.324. The normalized spacial score (nSPS) is 18.5. The highest BCUT2D eigenvalue weighted by Gasteiger charge is 2.32. The maximum Gasteiger partial charge on any atom is 0.255 e. The molecular formula is C17H17N5O3. The molecule has 0 saturated heterocycles. The van der Waals surface area contributed by atoms with E-state index in [9.17, 15) is 14.4 Å². The maximum atomic E-state index is 12.7. The molecule has 2 aliphatic rings. The van der Waals surface area contributed by atoms with Gasteiger partial charge in [-0.25, -0.2) is 4.98 Å². The van der Waals surface area contributed by atoms with Gasteiger partial charge in [0.15, 0.2) is 0 Å². The topological polar surface area (TPSA) is 121 Å². The van der Waals surface area contributed by atoms with Crippen LogP contribution in [-0.4, -0.2) is 33.2 Å². The number of hydrogen-bond acceptors (Lipinski definition) is 5. The van der Waals surface area contributed by atoms with E-state index in [0.29, 0.717) is 29.8 Å². The van der Waals surface area contributed by atoms with Crippen LogP contribution in [0.4, 0.5) is 5.95 Å². The molecule has 0 bridgehead atoms. The first-order chi connectivity index (χ1) is 12.0. The summed E-state index contributed by atoms with van der Waals surface area (Å²) in [7, 11) is 0. The van der Waals surface area contributed by atoms with Crippen molar-refractivity contribution in [1.82, 2.24) is 20.2 Å². The molecule has 1 aromatic carbocycles. The van der Waals surface area contributed by atoms with Gasteiger partial charge in [0, 0.05) is 17.7 Å². The molecule has 2 amide bonds. The van der Waals surface area contributed by atoms with Gasteiger partial charge in [-0.15, -0.1) is 0 Å². The highest BCUT2D eigenvalue weighted by atomic mass is 16.2. The predicted octanol–water partition coefficient (Wildman–Crippen LogP) is 0.112. The smallest absolute Gasteiger partial charge is 0.255 e. The minimum Gasteiger partial charge on any atom is -0.369 e. The Bertz CT molecular complexity index is 936. The number of carbonyl (C=O) groups excluding carboxylic acids is 2. The largest absolute Gasteiger partial charge is 0.369 e. The molecule has 2 aliphatic heterocycles. The lowest BCUT2D eigenvalue weighted by atomic mass is 10.0. The molecule has 4 N–H and O–H groups in total. The molecular weight excluding hydrogens is 322 g/mol. The van der Waals surface area contributed by atoms with Crippen LogP contribution in [0.5, 0.6) is 0 Å². The van der Waals surface area contributed by atoms with E-state index in [2.05, 4.69) is 15.3 Å². The summed E-state index contributed by atoms with van der Waals surface area (Å²) in [6, 6.07) is 6.95. The Morgan fingerprint density at radius 2 is 2.12 bits per heavy atom. The average Bonchev–Trinajstić information content (AvgIpc) is 2.90. The molecule has 1 unspecified atom stereocenters. The monoisotopic (exact) mass is 339 g/mol. The van der Waals surface area contributed by atoms with E-state index in [1.165, 1.54) is 0 Å². The van der Waals surface area contributed by atoms with Crippen LogP contribution in [0.15, 0.2) is 29.1 Å². The van der Waals surface area contributed by atoms with Crippen molar-refractivity contribution in [2.75, 3.05) is 12.3 Å². The van der Waals surface area contributed by atoms with Gasteiger partial charge in [-0.2, -0.15) is 0 Å². The Morgan fingerprint density at radius 3 is 2.96 bits per heavy atom. The number of H-pyrrole nitrogens is 1. The van der Waals surface area contributed by atoms with Crippen LogP contribution >= 0.6 is 0 Å². The fraction of sp³-hybridized carbons (Fsp3) is 0.294. The summed E-state index contributed by atoms with van der Waals surface area (Å²) in [6.45, 7) is 0.702. The molecule has 0 aliphatic carbocycles. The first kappa shape index (κ1) is 15.4. The number of aromatic nitrogens is 2. The number of carbonyl (C=O) groups is 2. The van der Waals surface area contributed by atoms with Crippen LogP contribution in [0.3, 0.4) is 0 Å². The number of rotatable bonds is 2. The van der Waals surface area contributed by atoms with Gasteiger partial charge >= 0.3 is 0 Å². The molecule has 0 saturated carbocycles. The number of benzene rings is 1. The Hall–Kier alpha value is -3.16. The van der Waals surface area contributed by atoms with Crippen LogP contribution in [0.25, 0.3) is 0 Å². The summed E-state index contributed by atoms with van der Waals surface area (Å²) < 4.78 is 0. The molecule has 1 aromatic heterocycles. The summed E-state index contributed by atoms with van der Waals surface area (Å²) in [5.41, 5.74) is 7.92. The summed E-state index contributed by atoms with van der Waals surface area (Å²) in [5, 5.41) is 2.85. The van der Waals surface area contributed by atoms with Crippen molar-refractivity contribution in [3.63, 3.8) is 0 Å². The maximum absolute atomic E-state index is 12.7. The van der Waals surface area contributed by atoms with Gasteiger partial charge in [0.1, 0.15) is 0 Å². The van der Waals surface area contributed by atoms with E-state index in [1.807, 2.05) is 12.1 Å². The lowest BCUT2D eigenvalue weighted by Gasteiger charge is -2.28. The van der Waals surface area contributed by atoms with Gasteiger partial charge in [0.25, 0.3) is 11.5 Å². The van der Waals surface area contributed by atoms with E-state index in [1.54, 1.807) is 17.0 Å². The van der Waals surface area contributed by atoms with Crippen LogP contribution in [-0.2, 0) is 17.8 Å². The number of amides is 2. The number of nitrogens with two attached hydrogens (primary N) is 1. The fourth-order valence-corrected chi connectivity index (χ4v) is 3.46. The van der Waals surface area contributed by atoms with Gasteiger partial charge in [-0.3, -0.25) is 19.4 Å². The highest BCUT2D eigenvalue weighted by Crippen LogP contribution is 2.28. The zero-order chi connectivity index (χ0) is 17.6. The summed E-state index contributed by atoms with van der Waals surface area (Å²) in [5.74, 6) is -0.193. The number of fused-ring (bicyclic) bond motifs is 2. The van der Waals surface area contributed by atoms with Crippen LogP contribution in [0, 0.1) is 0 Å². The van der Waals surface area contributed by atoms with Crippen molar-refractivity contribution in [2.24, 2.45) is 0 Å². The minimum absolute atomic E-state index is 0.0510. The molecule has 8 heteroatoms. The van der Waals surface area contributed by atoms with Crippen molar-refractivity contribution in [3.05, 3.63) is 57.0 Å². The van der Waals surface area contributed by atoms with Crippen molar-refractivity contribution >= 4 is 17.8 Å². The number of hydrogen-bond donors (Lipinski definition) is 3. The van der Waals surface area contributed by atoms with Crippen LogP contribution in [0.2, 0.25) is 0 Å². The molecule has 3 heterocycles. The Kier molecular flexibility index (Phi) is 3.52. The molecule has 4 rings (SSSR count). The lowest BCUT2D eigenvalue weighted by Crippen LogP contribution is -2.40. The van der Waals surface area contributed by atoms with E-state index < -0.39 is 0 Å². The number of aromatic amines is 1. The standard InChI is InChI=1S/C17H17N5O3/c18-17-20-13-8-22(6-5-11(13)16(25)21-17)14(23)7-12-9-3-1-2-4-10(9)15(24)19-12/h1-4,12H,5-8H2,(H,19,24)(H3,18,20,21,25). The molecule has 0 spiro atoms. The van der Waals surface area contributed by atoms with Crippen molar-refractivity contribution in [2.45, 2.75) is 25.4 Å². The quantitative estimate of drug-likeness (QED) is 0.717. The Morgan fingerprint density at radius 1 is 1.32 bits per heavy atom. The molecule has 128 valence electrons. The fourth-order valence-electron chi connectivity index (χ4n) is 3.46. The predicted molar refractivity (Wildman–Crippen MR) is 89.7 cm³/mol. The number of nitrogens with one attached hydrogen (secondary N) is 2. The van der Waals surface area contributed by atoms with Crippen molar-refractivity contribution in [1.29, 1.82) is 0 Å². The molecule has 0 fully saturated rings. The van der Waals surface area contributed by atoms with E-state index in [4.69, 9.17) is 5.73 Å². The molecule has 2 aromatic rings. The Balaban J connectivity index is 1.52. The zero-order valence-electron chi connectivity index (χ0n) is 13.4. The number of nitrogen functional groups attached to an aromatic ring is 1. The highest BCUT2D eigenvalue weighted by molar-refractivity contribution is 5.99. The van der Waals surface area contributed by atoms with Gasteiger partial charge in [0.2, 0.25) is 11.9 Å². The van der Waals surface area contributed by atoms with E-state index in [-0.39, 0.29) is 42.3 Å². The van der Waals surface area contributed by atoms with Gasteiger partial charge < -0.3 is 16.0 Å². The zero-order valence-corrected chi connectivity index (χ0v) is 13.4. The first-order valence-electron chi connectivity index (χ1n) is 8.08. The van der Waals surface area contributed by atoms with Crippen molar-refractivity contribution < 1.29 is 9.59 Å². The van der Waals surface area contributed by atoms with Crippen LogP contribution < -0.4 is 16.6 Å². The van der Waals surface area contributed by atoms with E-state index >= 15 is 0 Å². The molecule has 1 atom stereocenters. The van der Waals surface area contributed by atoms with Crippen molar-refractivity contribution in [3.8, 4) is 0 Å². The Labute approximate surface area is 143 Å². The number of nitrogens with zero attached hydrogens (tertiary/aromatic N) is 2. The summed E-state index contributed by atoms with van der Waals surface area (Å²) >= 11 is 0. The molecule has 0 radical (unpaired) electrons. The van der Waals surface area contributed by atoms with E-state index in [0.717, 1.165) is 5.56 Å². The third-order valence-electron chi connectivity index (χ3n) is 4.71. The number of anilines is 1. The summed E-state index contributed by atoms with van der Waals surface area (Å²) in [6.07, 6.45) is 0.619. The second kappa shape index (κ2) is 5.73. The first-order valence-corrected chi connectivity index (χ1v) is 8.08. The summed E-state index contributed by atoms with van der Waals surface area (Å²) in [4.78, 5) is 44.8. The molecule has 25 heavy (non-hydrogen) atoms. The lowest BCUT2D eigenvalue weighted by molar-refractivity contribution is -0.132. The third-order valence-corrected chi connectivity index (χ3v) is 4.71. The second-order valence-corrected chi connectivity index (χ2v) is 6.26. The van der Waals surface area contributed by atoms with Gasteiger partial charge in [-0.05, 0) is 18.1 Å². The average molecular weight is 339 g/mol. The second-order valence-electron chi connectivity index (χ2n) is 6.26. The molecule has 8 nitrogen and oxygen atoms in total. The third kappa shape index (κ3) is 2.65.